The van der Waals surface area contributed by atoms with E-state index < -0.39 is 0 Å². The third kappa shape index (κ3) is 4.82. The van der Waals surface area contributed by atoms with Crippen molar-refractivity contribution >= 4 is 17.7 Å². The number of hydrogen-bond donors (Lipinski definition) is 1. The number of benzene rings is 1. The number of amides is 1. The van der Waals surface area contributed by atoms with E-state index in [-0.39, 0.29) is 5.91 Å². The summed E-state index contributed by atoms with van der Waals surface area (Å²) in [4.78, 5) is 11.5. The molecule has 2 rings (SSSR count). The molecular weight excluding hydrogens is 230 g/mol. The zero-order valence-electron chi connectivity index (χ0n) is 10.2. The van der Waals surface area contributed by atoms with E-state index in [1.165, 1.54) is 24.0 Å². The molecule has 1 aromatic carbocycles. The first kappa shape index (κ1) is 12.5. The highest BCUT2D eigenvalue weighted by molar-refractivity contribution is 7.99. The molecule has 0 aliphatic heterocycles. The molecule has 1 amide bonds. The lowest BCUT2D eigenvalue weighted by Crippen LogP contribution is -2.27. The van der Waals surface area contributed by atoms with Crippen molar-refractivity contribution in [1.29, 1.82) is 0 Å². The van der Waals surface area contributed by atoms with Gasteiger partial charge in [0.2, 0.25) is 5.91 Å². The van der Waals surface area contributed by atoms with Crippen molar-refractivity contribution in [2.24, 2.45) is 5.92 Å². The quantitative estimate of drug-likeness (QED) is 0.840. The fourth-order valence-corrected chi connectivity index (χ4v) is 2.50. The molecule has 2 nitrogen and oxygen atoms in total. The van der Waals surface area contributed by atoms with Gasteiger partial charge in [-0.2, -0.15) is 0 Å². The molecule has 1 fully saturated rings. The fourth-order valence-electron chi connectivity index (χ4n) is 1.69. The molecule has 0 spiro atoms. The minimum Gasteiger partial charge on any atom is -0.355 e. The van der Waals surface area contributed by atoms with Gasteiger partial charge in [0.25, 0.3) is 0 Å². The first-order valence-electron chi connectivity index (χ1n) is 6.14. The van der Waals surface area contributed by atoms with Crippen LogP contribution in [0, 0.1) is 12.8 Å². The van der Waals surface area contributed by atoms with E-state index in [1.807, 2.05) is 0 Å². The number of aryl methyl sites for hydroxylation is 1. The molecule has 0 atom stereocenters. The molecule has 1 aliphatic rings. The Balaban J connectivity index is 1.62. The van der Waals surface area contributed by atoms with Crippen LogP contribution in [0.2, 0.25) is 0 Å². The molecule has 0 bridgehead atoms. The summed E-state index contributed by atoms with van der Waals surface area (Å²) in [5.74, 6) is 2.43. The summed E-state index contributed by atoms with van der Waals surface area (Å²) in [6.07, 6.45) is 2.58. The van der Waals surface area contributed by atoms with Gasteiger partial charge in [0, 0.05) is 12.3 Å². The second-order valence-electron chi connectivity index (χ2n) is 4.73. The van der Waals surface area contributed by atoms with Crippen LogP contribution in [-0.2, 0) is 10.5 Å². The normalized spacial score (nSPS) is 14.6. The van der Waals surface area contributed by atoms with Crippen molar-refractivity contribution in [1.82, 2.24) is 5.32 Å². The van der Waals surface area contributed by atoms with E-state index in [2.05, 4.69) is 36.5 Å². The van der Waals surface area contributed by atoms with E-state index in [9.17, 15) is 4.79 Å². The van der Waals surface area contributed by atoms with Crippen molar-refractivity contribution in [2.75, 3.05) is 12.3 Å². The van der Waals surface area contributed by atoms with Gasteiger partial charge in [-0.15, -0.1) is 11.8 Å². The molecule has 1 aromatic rings. The third-order valence-corrected chi connectivity index (χ3v) is 3.87. The average molecular weight is 249 g/mol. The van der Waals surface area contributed by atoms with Gasteiger partial charge < -0.3 is 5.32 Å². The number of nitrogens with one attached hydrogen (secondary N) is 1. The van der Waals surface area contributed by atoms with Gasteiger partial charge in [-0.05, 0) is 31.2 Å². The second kappa shape index (κ2) is 6.10. The van der Waals surface area contributed by atoms with Gasteiger partial charge >= 0.3 is 0 Å². The van der Waals surface area contributed by atoms with Gasteiger partial charge in [-0.3, -0.25) is 4.79 Å². The molecule has 1 N–H and O–H groups in total. The summed E-state index contributed by atoms with van der Waals surface area (Å²) in [7, 11) is 0. The van der Waals surface area contributed by atoms with Crippen molar-refractivity contribution in [3.05, 3.63) is 35.4 Å². The zero-order valence-corrected chi connectivity index (χ0v) is 11.1. The molecule has 3 heteroatoms. The first-order valence-corrected chi connectivity index (χ1v) is 7.29. The maximum atomic E-state index is 11.5. The van der Waals surface area contributed by atoms with Crippen LogP contribution in [0.25, 0.3) is 0 Å². The van der Waals surface area contributed by atoms with Crippen LogP contribution in [-0.4, -0.2) is 18.2 Å². The van der Waals surface area contributed by atoms with Crippen molar-refractivity contribution in [2.45, 2.75) is 25.5 Å². The van der Waals surface area contributed by atoms with Crippen molar-refractivity contribution in [3.63, 3.8) is 0 Å². The molecule has 1 aliphatic carbocycles. The Labute approximate surface area is 107 Å². The topological polar surface area (TPSA) is 29.1 Å². The van der Waals surface area contributed by atoms with E-state index >= 15 is 0 Å². The maximum absolute atomic E-state index is 11.5. The molecule has 0 saturated heterocycles. The van der Waals surface area contributed by atoms with E-state index in [4.69, 9.17) is 0 Å². The molecule has 0 unspecified atom stereocenters. The molecular formula is C14H19NOS. The summed E-state index contributed by atoms with van der Waals surface area (Å²) < 4.78 is 0. The Morgan fingerprint density at radius 2 is 2.29 bits per heavy atom. The maximum Gasteiger partial charge on any atom is 0.230 e. The van der Waals surface area contributed by atoms with Gasteiger partial charge in [-0.25, -0.2) is 0 Å². The van der Waals surface area contributed by atoms with E-state index in [0.29, 0.717) is 5.75 Å². The van der Waals surface area contributed by atoms with Gasteiger partial charge in [0.15, 0.2) is 0 Å². The average Bonchev–Trinajstić information content (AvgIpc) is 3.10. The van der Waals surface area contributed by atoms with Crippen LogP contribution in [0.3, 0.4) is 0 Å². The minimum absolute atomic E-state index is 0.176. The lowest BCUT2D eigenvalue weighted by molar-refractivity contribution is -0.118. The van der Waals surface area contributed by atoms with Crippen LogP contribution in [0.15, 0.2) is 24.3 Å². The summed E-state index contributed by atoms with van der Waals surface area (Å²) in [6, 6.07) is 8.45. The Morgan fingerprint density at radius 3 is 3.00 bits per heavy atom. The summed E-state index contributed by atoms with van der Waals surface area (Å²) in [5, 5.41) is 2.98. The zero-order chi connectivity index (χ0) is 12.1. The number of rotatable bonds is 6. The predicted molar refractivity (Wildman–Crippen MR) is 73.1 cm³/mol. The van der Waals surface area contributed by atoms with Crippen LogP contribution >= 0.6 is 11.8 Å². The standard InChI is InChI=1S/C14H19NOS/c1-11-3-2-4-13(7-11)9-17-10-14(16)15-8-12-5-6-12/h2-4,7,12H,5-6,8-10H2,1H3,(H,15,16). The second-order valence-corrected chi connectivity index (χ2v) is 5.71. The monoisotopic (exact) mass is 249 g/mol. The molecule has 17 heavy (non-hydrogen) atoms. The van der Waals surface area contributed by atoms with E-state index in [0.717, 1.165) is 18.2 Å². The van der Waals surface area contributed by atoms with Crippen LogP contribution in [0.4, 0.5) is 0 Å². The molecule has 0 radical (unpaired) electrons. The lowest BCUT2D eigenvalue weighted by Gasteiger charge is -2.04. The Morgan fingerprint density at radius 1 is 1.47 bits per heavy atom. The number of thioether (sulfide) groups is 1. The van der Waals surface area contributed by atoms with E-state index in [1.54, 1.807) is 11.8 Å². The smallest absolute Gasteiger partial charge is 0.230 e. The van der Waals surface area contributed by atoms with Crippen molar-refractivity contribution in [3.8, 4) is 0 Å². The minimum atomic E-state index is 0.176. The third-order valence-electron chi connectivity index (χ3n) is 2.87. The highest BCUT2D eigenvalue weighted by Gasteiger charge is 2.21. The predicted octanol–water partition coefficient (Wildman–Crippen LogP) is 2.75. The molecule has 1 saturated carbocycles. The number of carbonyl (C=O) groups excluding carboxylic acids is 1. The SMILES string of the molecule is Cc1cccc(CSCC(=O)NCC2CC2)c1. The summed E-state index contributed by atoms with van der Waals surface area (Å²) in [5.41, 5.74) is 2.58. The largest absolute Gasteiger partial charge is 0.355 e. The van der Waals surface area contributed by atoms with Crippen LogP contribution in [0.1, 0.15) is 24.0 Å². The van der Waals surface area contributed by atoms with Gasteiger partial charge in [0.05, 0.1) is 5.75 Å². The van der Waals surface area contributed by atoms with Crippen LogP contribution < -0.4 is 5.32 Å². The van der Waals surface area contributed by atoms with Gasteiger partial charge in [0.1, 0.15) is 0 Å². The van der Waals surface area contributed by atoms with Crippen LogP contribution in [0.5, 0.6) is 0 Å². The fraction of sp³-hybridized carbons (Fsp3) is 0.500. The van der Waals surface area contributed by atoms with Gasteiger partial charge in [-0.1, -0.05) is 29.8 Å². The Kier molecular flexibility index (Phi) is 4.49. The highest BCUT2D eigenvalue weighted by Crippen LogP contribution is 2.27. The molecule has 92 valence electrons. The first-order chi connectivity index (χ1) is 8.24. The molecule has 0 heterocycles. The lowest BCUT2D eigenvalue weighted by atomic mass is 10.2. The summed E-state index contributed by atoms with van der Waals surface area (Å²) >= 11 is 1.68. The Hall–Kier alpha value is -0.960. The number of carbonyl (C=O) groups is 1. The highest BCUT2D eigenvalue weighted by atomic mass is 32.2. The molecule has 0 aromatic heterocycles. The number of hydrogen-bond acceptors (Lipinski definition) is 2. The summed E-state index contributed by atoms with van der Waals surface area (Å²) in [6.45, 7) is 2.97. The Bertz CT molecular complexity index is 388. The van der Waals surface area contributed by atoms with Crippen molar-refractivity contribution < 1.29 is 4.79 Å².